The molecule has 4 nitrogen and oxygen atoms in total. The van der Waals surface area contributed by atoms with Crippen molar-refractivity contribution in [3.63, 3.8) is 0 Å². The van der Waals surface area contributed by atoms with E-state index in [1.807, 2.05) is 5.10 Å². The Hall–Kier alpha value is -2.06. The predicted molar refractivity (Wildman–Crippen MR) is 54.3 cm³/mol. The third kappa shape index (κ3) is 2.40. The van der Waals surface area contributed by atoms with Crippen LogP contribution in [0.4, 0.5) is 22.0 Å². The highest BCUT2D eigenvalue weighted by Crippen LogP contribution is 2.42. The fourth-order valence-electron chi connectivity index (χ4n) is 1.31. The zero-order valence-electron chi connectivity index (χ0n) is 9.46. The quantitative estimate of drug-likeness (QED) is 0.859. The standard InChI is InChI=1S/C10H7F5N4/c1-5-2-3-16-6(4-5)7-17-8(19-18-7)9(11,12)10(13,14)15/h2-4H,1H3,(H,17,18,19). The molecule has 0 aliphatic rings. The Bertz CT molecular complexity index is 590. The van der Waals surface area contributed by atoms with Gasteiger partial charge in [-0.05, 0) is 24.6 Å². The zero-order chi connectivity index (χ0) is 14.3. The monoisotopic (exact) mass is 278 g/mol. The molecule has 9 heteroatoms. The number of aromatic nitrogens is 4. The molecule has 2 heterocycles. The summed E-state index contributed by atoms with van der Waals surface area (Å²) in [5.41, 5.74) is 0.891. The number of halogens is 5. The lowest BCUT2D eigenvalue weighted by molar-refractivity contribution is -0.292. The van der Waals surface area contributed by atoms with Gasteiger partial charge in [0, 0.05) is 6.20 Å². The van der Waals surface area contributed by atoms with Crippen LogP contribution in [0.5, 0.6) is 0 Å². The topological polar surface area (TPSA) is 54.5 Å². The smallest absolute Gasteiger partial charge is 0.257 e. The van der Waals surface area contributed by atoms with Gasteiger partial charge in [-0.1, -0.05) is 0 Å². The molecule has 0 bridgehead atoms. The molecule has 102 valence electrons. The van der Waals surface area contributed by atoms with Crippen LogP contribution in [0.15, 0.2) is 18.3 Å². The Balaban J connectivity index is 2.40. The van der Waals surface area contributed by atoms with Crippen molar-refractivity contribution in [1.29, 1.82) is 0 Å². The third-order valence-electron chi connectivity index (χ3n) is 2.28. The van der Waals surface area contributed by atoms with Crippen LogP contribution in [0.1, 0.15) is 11.4 Å². The molecule has 0 saturated carbocycles. The van der Waals surface area contributed by atoms with Crippen molar-refractivity contribution in [2.45, 2.75) is 19.0 Å². The van der Waals surface area contributed by atoms with Crippen molar-refractivity contribution in [3.8, 4) is 11.5 Å². The molecule has 19 heavy (non-hydrogen) atoms. The number of aryl methyl sites for hydroxylation is 1. The number of aromatic amines is 1. The highest BCUT2D eigenvalue weighted by atomic mass is 19.4. The molecular weight excluding hydrogens is 271 g/mol. The summed E-state index contributed by atoms with van der Waals surface area (Å²) in [7, 11) is 0. The molecule has 0 saturated heterocycles. The van der Waals surface area contributed by atoms with Gasteiger partial charge in [-0.3, -0.25) is 10.1 Å². The molecule has 0 radical (unpaired) electrons. The molecule has 0 atom stereocenters. The van der Waals surface area contributed by atoms with Crippen LogP contribution >= 0.6 is 0 Å². The molecule has 2 aromatic heterocycles. The summed E-state index contributed by atoms with van der Waals surface area (Å²) in [5, 5.41) is 4.94. The fourth-order valence-corrected chi connectivity index (χ4v) is 1.31. The van der Waals surface area contributed by atoms with Gasteiger partial charge >= 0.3 is 12.1 Å². The number of nitrogens with zero attached hydrogens (tertiary/aromatic N) is 3. The van der Waals surface area contributed by atoms with E-state index in [1.165, 1.54) is 12.3 Å². The molecule has 2 rings (SSSR count). The van der Waals surface area contributed by atoms with Crippen LogP contribution in [-0.4, -0.2) is 26.3 Å². The lowest BCUT2D eigenvalue weighted by Gasteiger charge is -2.15. The number of pyridine rings is 1. The number of nitrogens with one attached hydrogen (secondary N) is 1. The molecule has 1 N–H and O–H groups in total. The van der Waals surface area contributed by atoms with Crippen molar-refractivity contribution in [3.05, 3.63) is 29.7 Å². The van der Waals surface area contributed by atoms with Crippen LogP contribution in [0.2, 0.25) is 0 Å². The number of hydrogen-bond donors (Lipinski definition) is 1. The molecular formula is C10H7F5N4. The minimum absolute atomic E-state index is 0.136. The van der Waals surface area contributed by atoms with Crippen molar-refractivity contribution >= 4 is 0 Å². The van der Waals surface area contributed by atoms with Crippen LogP contribution in [0.25, 0.3) is 11.5 Å². The Morgan fingerprint density at radius 3 is 2.42 bits per heavy atom. The van der Waals surface area contributed by atoms with E-state index in [0.29, 0.717) is 0 Å². The second-order valence-electron chi connectivity index (χ2n) is 3.80. The largest absolute Gasteiger partial charge is 0.461 e. The first-order chi connectivity index (χ1) is 8.72. The summed E-state index contributed by atoms with van der Waals surface area (Å²) in [6.45, 7) is 1.72. The van der Waals surface area contributed by atoms with E-state index >= 15 is 0 Å². The first kappa shape index (κ1) is 13.4. The number of hydrogen-bond acceptors (Lipinski definition) is 3. The lowest BCUT2D eigenvalue weighted by Crippen LogP contribution is -2.34. The average Bonchev–Trinajstić information content (AvgIpc) is 2.77. The van der Waals surface area contributed by atoms with Crippen molar-refractivity contribution < 1.29 is 22.0 Å². The molecule has 2 aromatic rings. The number of rotatable bonds is 2. The zero-order valence-corrected chi connectivity index (χ0v) is 9.46. The van der Waals surface area contributed by atoms with Crippen molar-refractivity contribution in [2.75, 3.05) is 0 Å². The molecule has 0 spiro atoms. The maximum atomic E-state index is 13.0. The third-order valence-corrected chi connectivity index (χ3v) is 2.28. The summed E-state index contributed by atoms with van der Waals surface area (Å²) >= 11 is 0. The Morgan fingerprint density at radius 2 is 1.84 bits per heavy atom. The Kier molecular flexibility index (Phi) is 2.99. The van der Waals surface area contributed by atoms with Crippen LogP contribution in [0, 0.1) is 6.92 Å². The first-order valence-electron chi connectivity index (χ1n) is 5.02. The van der Waals surface area contributed by atoms with Gasteiger partial charge in [-0.2, -0.15) is 27.1 Å². The number of alkyl halides is 5. The molecule has 0 aromatic carbocycles. The highest BCUT2D eigenvalue weighted by Gasteiger charge is 2.61. The van der Waals surface area contributed by atoms with Crippen molar-refractivity contribution in [1.82, 2.24) is 20.2 Å². The lowest BCUT2D eigenvalue weighted by atomic mass is 10.2. The second-order valence-corrected chi connectivity index (χ2v) is 3.80. The van der Waals surface area contributed by atoms with E-state index in [2.05, 4.69) is 15.1 Å². The fraction of sp³-hybridized carbons (Fsp3) is 0.300. The van der Waals surface area contributed by atoms with Crippen molar-refractivity contribution in [2.24, 2.45) is 0 Å². The van der Waals surface area contributed by atoms with Gasteiger partial charge in [0.2, 0.25) is 5.82 Å². The Morgan fingerprint density at radius 1 is 1.16 bits per heavy atom. The molecule has 0 aliphatic heterocycles. The maximum Gasteiger partial charge on any atom is 0.461 e. The molecule has 0 aliphatic carbocycles. The second kappa shape index (κ2) is 4.25. The first-order valence-corrected chi connectivity index (χ1v) is 5.02. The SMILES string of the molecule is Cc1ccnc(-c2nc(C(F)(F)C(F)(F)F)n[nH]2)c1. The van der Waals surface area contributed by atoms with Crippen LogP contribution < -0.4 is 0 Å². The molecule has 0 amide bonds. The van der Waals surface area contributed by atoms with Gasteiger partial charge in [0.25, 0.3) is 0 Å². The van der Waals surface area contributed by atoms with E-state index in [0.717, 1.165) is 5.56 Å². The summed E-state index contributed by atoms with van der Waals surface area (Å²) < 4.78 is 62.4. The van der Waals surface area contributed by atoms with Gasteiger partial charge < -0.3 is 0 Å². The summed E-state index contributed by atoms with van der Waals surface area (Å²) in [5.74, 6) is -6.98. The Labute approximate surface area is 103 Å². The molecule has 0 fully saturated rings. The minimum Gasteiger partial charge on any atom is -0.257 e. The van der Waals surface area contributed by atoms with E-state index in [9.17, 15) is 22.0 Å². The summed E-state index contributed by atoms with van der Waals surface area (Å²) in [4.78, 5) is 6.97. The van der Waals surface area contributed by atoms with Gasteiger partial charge in [0.1, 0.15) is 5.69 Å². The van der Waals surface area contributed by atoms with Crippen LogP contribution in [0.3, 0.4) is 0 Å². The van der Waals surface area contributed by atoms with E-state index in [4.69, 9.17) is 0 Å². The van der Waals surface area contributed by atoms with Gasteiger partial charge in [-0.15, -0.1) is 0 Å². The number of H-pyrrole nitrogens is 1. The maximum absolute atomic E-state index is 13.0. The van der Waals surface area contributed by atoms with E-state index in [1.54, 1.807) is 13.0 Å². The van der Waals surface area contributed by atoms with Crippen LogP contribution in [-0.2, 0) is 5.92 Å². The highest BCUT2D eigenvalue weighted by molar-refractivity contribution is 5.49. The summed E-state index contributed by atoms with van der Waals surface area (Å²) in [6, 6.07) is 3.13. The van der Waals surface area contributed by atoms with Gasteiger partial charge in [0.05, 0.1) is 0 Å². The van der Waals surface area contributed by atoms with E-state index in [-0.39, 0.29) is 11.5 Å². The van der Waals surface area contributed by atoms with Gasteiger partial charge in [-0.25, -0.2) is 4.98 Å². The van der Waals surface area contributed by atoms with Gasteiger partial charge in [0.15, 0.2) is 5.82 Å². The predicted octanol–water partition coefficient (Wildman–Crippen LogP) is 2.83. The average molecular weight is 278 g/mol. The summed E-state index contributed by atoms with van der Waals surface area (Å²) in [6.07, 6.45) is -4.36. The minimum atomic E-state index is -5.74. The van der Waals surface area contributed by atoms with E-state index < -0.39 is 17.9 Å². The molecule has 0 unspecified atom stereocenters. The normalized spacial score (nSPS) is 12.7.